The van der Waals surface area contributed by atoms with Gasteiger partial charge >= 0.3 is 11.9 Å². The number of rotatable bonds is 3. The Morgan fingerprint density at radius 3 is 1.71 bits per heavy atom. The highest BCUT2D eigenvalue weighted by molar-refractivity contribution is 8.13. The summed E-state index contributed by atoms with van der Waals surface area (Å²) < 4.78 is 22.5. The minimum Gasteiger partial charge on any atom is -0.478 e. The summed E-state index contributed by atoms with van der Waals surface area (Å²) >= 11 is 0. The van der Waals surface area contributed by atoms with Crippen LogP contribution in [-0.2, 0) is 9.05 Å². The standard InChI is InChI=1S/C9H7ClO6S/c1-4-2-5(8(11)12)7(17(10,15)16)6(3-4)9(13)14/h2-3H,1H3,(H,11,12)(H,13,14). The minimum absolute atomic E-state index is 0.309. The molecule has 1 aromatic rings. The van der Waals surface area contributed by atoms with Crippen molar-refractivity contribution in [3.8, 4) is 0 Å². The molecule has 0 atom stereocenters. The van der Waals surface area contributed by atoms with Gasteiger partial charge in [-0.05, 0) is 24.6 Å². The van der Waals surface area contributed by atoms with Crippen molar-refractivity contribution in [1.29, 1.82) is 0 Å². The summed E-state index contributed by atoms with van der Waals surface area (Å²) in [5, 5.41) is 17.7. The van der Waals surface area contributed by atoms with Crippen LogP contribution >= 0.6 is 10.7 Å². The van der Waals surface area contributed by atoms with Crippen LogP contribution in [0.4, 0.5) is 0 Å². The Morgan fingerprint density at radius 1 is 1.12 bits per heavy atom. The fourth-order valence-electron chi connectivity index (χ4n) is 1.35. The number of hydrogen-bond donors (Lipinski definition) is 2. The van der Waals surface area contributed by atoms with Gasteiger partial charge in [-0.3, -0.25) is 0 Å². The van der Waals surface area contributed by atoms with E-state index in [0.717, 1.165) is 12.1 Å². The summed E-state index contributed by atoms with van der Waals surface area (Å²) in [6.07, 6.45) is 0. The van der Waals surface area contributed by atoms with Crippen molar-refractivity contribution >= 4 is 31.7 Å². The average molecular weight is 279 g/mol. The van der Waals surface area contributed by atoms with Crippen molar-refractivity contribution in [3.63, 3.8) is 0 Å². The largest absolute Gasteiger partial charge is 0.478 e. The van der Waals surface area contributed by atoms with Gasteiger partial charge in [0.15, 0.2) is 0 Å². The van der Waals surface area contributed by atoms with E-state index in [9.17, 15) is 18.0 Å². The molecule has 0 radical (unpaired) electrons. The van der Waals surface area contributed by atoms with E-state index in [1.807, 2.05) is 0 Å². The zero-order valence-corrected chi connectivity index (χ0v) is 10.0. The Kier molecular flexibility index (Phi) is 3.44. The molecule has 2 N–H and O–H groups in total. The zero-order valence-electron chi connectivity index (χ0n) is 8.47. The first-order valence-corrected chi connectivity index (χ1v) is 6.51. The lowest BCUT2D eigenvalue weighted by Crippen LogP contribution is -2.12. The lowest BCUT2D eigenvalue weighted by atomic mass is 10.1. The molecule has 0 heterocycles. The van der Waals surface area contributed by atoms with Gasteiger partial charge in [-0.15, -0.1) is 0 Å². The van der Waals surface area contributed by atoms with Gasteiger partial charge in [-0.1, -0.05) is 0 Å². The van der Waals surface area contributed by atoms with Crippen molar-refractivity contribution in [2.24, 2.45) is 0 Å². The average Bonchev–Trinajstić information content (AvgIpc) is 2.14. The first kappa shape index (κ1) is 13.5. The highest BCUT2D eigenvalue weighted by atomic mass is 35.7. The number of carbonyl (C=O) groups is 2. The van der Waals surface area contributed by atoms with E-state index in [2.05, 4.69) is 0 Å². The third kappa shape index (κ3) is 2.75. The predicted octanol–water partition coefficient (Wildman–Crippen LogP) is 1.32. The maximum atomic E-state index is 11.2. The molecule has 0 fully saturated rings. The molecule has 8 heteroatoms. The van der Waals surface area contributed by atoms with Gasteiger partial charge in [-0.2, -0.15) is 0 Å². The molecule has 0 aliphatic carbocycles. The van der Waals surface area contributed by atoms with Crippen LogP contribution in [0, 0.1) is 6.92 Å². The van der Waals surface area contributed by atoms with E-state index in [0.29, 0.717) is 5.56 Å². The van der Waals surface area contributed by atoms with Gasteiger partial charge in [0.25, 0.3) is 9.05 Å². The number of carboxylic acids is 2. The molecule has 0 unspecified atom stereocenters. The van der Waals surface area contributed by atoms with Crippen molar-refractivity contribution in [2.75, 3.05) is 0 Å². The van der Waals surface area contributed by atoms with E-state index in [-0.39, 0.29) is 0 Å². The molecule has 0 spiro atoms. The van der Waals surface area contributed by atoms with Crippen LogP contribution < -0.4 is 0 Å². The zero-order chi connectivity index (χ0) is 13.4. The molecule has 0 saturated heterocycles. The van der Waals surface area contributed by atoms with E-state index in [4.69, 9.17) is 20.9 Å². The third-order valence-electron chi connectivity index (χ3n) is 1.94. The Labute approximate surface area is 101 Å². The number of hydrogen-bond acceptors (Lipinski definition) is 4. The summed E-state index contributed by atoms with van der Waals surface area (Å²) in [5.41, 5.74) is -1.00. The van der Waals surface area contributed by atoms with E-state index in [1.54, 1.807) is 0 Å². The molecule has 17 heavy (non-hydrogen) atoms. The molecule has 92 valence electrons. The van der Waals surface area contributed by atoms with Crippen molar-refractivity contribution in [1.82, 2.24) is 0 Å². The van der Waals surface area contributed by atoms with Gasteiger partial charge in [0.05, 0.1) is 11.1 Å². The van der Waals surface area contributed by atoms with Gasteiger partial charge < -0.3 is 10.2 Å². The van der Waals surface area contributed by atoms with E-state index < -0.39 is 37.0 Å². The van der Waals surface area contributed by atoms with Crippen LogP contribution in [0.5, 0.6) is 0 Å². The SMILES string of the molecule is Cc1cc(C(=O)O)c(S(=O)(=O)Cl)c(C(=O)O)c1. The van der Waals surface area contributed by atoms with Gasteiger partial charge in [0.1, 0.15) is 4.90 Å². The summed E-state index contributed by atoms with van der Waals surface area (Å²) in [7, 11) is 0.595. The second-order valence-electron chi connectivity index (χ2n) is 3.24. The van der Waals surface area contributed by atoms with Gasteiger partial charge in [-0.25, -0.2) is 18.0 Å². The topological polar surface area (TPSA) is 109 Å². The number of aryl methyl sites for hydroxylation is 1. The lowest BCUT2D eigenvalue weighted by molar-refractivity contribution is 0.0689. The van der Waals surface area contributed by atoms with Crippen LogP contribution in [0.3, 0.4) is 0 Å². The Bertz CT molecular complexity index is 569. The number of benzene rings is 1. The summed E-state index contributed by atoms with van der Waals surface area (Å²) in [6.45, 7) is 1.45. The molecule has 0 aromatic heterocycles. The summed E-state index contributed by atoms with van der Waals surface area (Å²) in [4.78, 5) is 20.9. The molecular weight excluding hydrogens is 272 g/mol. The lowest BCUT2D eigenvalue weighted by Gasteiger charge is -2.08. The van der Waals surface area contributed by atoms with Crippen LogP contribution in [0.25, 0.3) is 0 Å². The molecule has 6 nitrogen and oxygen atoms in total. The maximum absolute atomic E-state index is 11.2. The molecule has 1 rings (SSSR count). The third-order valence-corrected chi connectivity index (χ3v) is 3.33. The van der Waals surface area contributed by atoms with Crippen LogP contribution in [0.15, 0.2) is 17.0 Å². The van der Waals surface area contributed by atoms with Crippen LogP contribution in [0.2, 0.25) is 0 Å². The highest BCUT2D eigenvalue weighted by Crippen LogP contribution is 2.26. The monoisotopic (exact) mass is 278 g/mol. The fourth-order valence-corrected chi connectivity index (χ4v) is 2.67. The number of aromatic carboxylic acids is 2. The Hall–Kier alpha value is -1.60. The first-order valence-electron chi connectivity index (χ1n) is 4.20. The number of halogens is 1. The van der Waals surface area contributed by atoms with E-state index in [1.165, 1.54) is 6.92 Å². The highest BCUT2D eigenvalue weighted by Gasteiger charge is 2.27. The van der Waals surface area contributed by atoms with Crippen molar-refractivity contribution in [3.05, 3.63) is 28.8 Å². The second kappa shape index (κ2) is 4.34. The smallest absolute Gasteiger partial charge is 0.337 e. The predicted molar refractivity (Wildman–Crippen MR) is 58.1 cm³/mol. The van der Waals surface area contributed by atoms with E-state index >= 15 is 0 Å². The molecular formula is C9H7ClO6S. The first-order chi connectivity index (χ1) is 7.64. The molecule has 0 aliphatic heterocycles. The molecule has 0 aliphatic rings. The van der Waals surface area contributed by atoms with Gasteiger partial charge in [0.2, 0.25) is 0 Å². The minimum atomic E-state index is -4.46. The Morgan fingerprint density at radius 2 is 1.47 bits per heavy atom. The summed E-state index contributed by atoms with van der Waals surface area (Å²) in [6, 6.07) is 2.09. The van der Waals surface area contributed by atoms with Gasteiger partial charge in [0, 0.05) is 10.7 Å². The van der Waals surface area contributed by atoms with Crippen molar-refractivity contribution in [2.45, 2.75) is 11.8 Å². The molecule has 0 bridgehead atoms. The second-order valence-corrected chi connectivity index (χ2v) is 5.74. The number of carboxylic acid groups (broad SMARTS) is 2. The molecule has 0 saturated carbocycles. The normalized spacial score (nSPS) is 11.2. The quantitative estimate of drug-likeness (QED) is 0.807. The molecule has 0 amide bonds. The Balaban J connectivity index is 3.85. The molecule has 1 aromatic carbocycles. The summed E-state index contributed by atoms with van der Waals surface area (Å²) in [5.74, 6) is -3.12. The van der Waals surface area contributed by atoms with Crippen molar-refractivity contribution < 1.29 is 28.2 Å². The van der Waals surface area contributed by atoms with Crippen LogP contribution in [-0.4, -0.2) is 30.6 Å². The fraction of sp³-hybridized carbons (Fsp3) is 0.111. The van der Waals surface area contributed by atoms with Crippen LogP contribution in [0.1, 0.15) is 26.3 Å². The maximum Gasteiger partial charge on any atom is 0.337 e.